The van der Waals surface area contributed by atoms with Gasteiger partial charge in [-0.1, -0.05) is 42.1 Å². The third-order valence-electron chi connectivity index (χ3n) is 3.61. The number of carboxylic acid groups (broad SMARTS) is 1. The summed E-state index contributed by atoms with van der Waals surface area (Å²) in [5, 5.41) is 12.8. The van der Waals surface area contributed by atoms with E-state index in [9.17, 15) is 14.7 Å². The van der Waals surface area contributed by atoms with Crippen molar-refractivity contribution in [2.75, 3.05) is 0 Å². The van der Waals surface area contributed by atoms with Gasteiger partial charge >= 0.3 is 5.97 Å². The molecule has 1 aromatic rings. The predicted octanol–water partition coefficient (Wildman–Crippen LogP) is 3.52. The number of hydrogen-bond donors (Lipinski definition) is 2. The molecule has 4 nitrogen and oxygen atoms in total. The summed E-state index contributed by atoms with van der Waals surface area (Å²) in [6.07, 6.45) is 5.36. The maximum Gasteiger partial charge on any atom is 0.329 e. The Bertz CT molecular complexity index is 593. The molecule has 0 aromatic heterocycles. The van der Waals surface area contributed by atoms with E-state index in [1.807, 2.05) is 0 Å². The Kier molecular flexibility index (Phi) is 4.91. The van der Waals surface area contributed by atoms with Crippen LogP contribution in [0.5, 0.6) is 0 Å². The van der Waals surface area contributed by atoms with Gasteiger partial charge in [-0.25, -0.2) is 4.79 Å². The number of halogens is 2. The van der Waals surface area contributed by atoms with Gasteiger partial charge in [-0.3, -0.25) is 4.79 Å². The Hall–Kier alpha value is -1.52. The molecule has 0 atom stereocenters. The van der Waals surface area contributed by atoms with E-state index in [1.54, 1.807) is 24.3 Å². The Labute approximate surface area is 132 Å². The van der Waals surface area contributed by atoms with E-state index in [0.717, 1.165) is 12.8 Å². The van der Waals surface area contributed by atoms with Crippen LogP contribution in [0.1, 0.15) is 31.2 Å². The number of rotatable bonds is 4. The highest BCUT2D eigenvalue weighted by Gasteiger charge is 2.42. The highest BCUT2D eigenvalue weighted by atomic mass is 35.5. The summed E-state index contributed by atoms with van der Waals surface area (Å²) in [6, 6.07) is 4.94. The van der Waals surface area contributed by atoms with Gasteiger partial charge in [0.2, 0.25) is 5.91 Å². The largest absolute Gasteiger partial charge is 0.480 e. The maximum atomic E-state index is 11.9. The molecular formula is C15H15Cl2NO3. The normalized spacial score (nSPS) is 17.0. The van der Waals surface area contributed by atoms with Crippen LogP contribution in [0, 0.1) is 0 Å². The van der Waals surface area contributed by atoms with Crippen LogP contribution in [-0.4, -0.2) is 22.5 Å². The fourth-order valence-corrected chi connectivity index (χ4v) is 2.92. The van der Waals surface area contributed by atoms with Crippen LogP contribution >= 0.6 is 23.2 Å². The van der Waals surface area contributed by atoms with E-state index in [4.69, 9.17) is 23.2 Å². The zero-order chi connectivity index (χ0) is 15.5. The zero-order valence-corrected chi connectivity index (χ0v) is 12.7. The van der Waals surface area contributed by atoms with Gasteiger partial charge in [0.05, 0.1) is 0 Å². The van der Waals surface area contributed by atoms with Crippen molar-refractivity contribution in [1.82, 2.24) is 5.32 Å². The van der Waals surface area contributed by atoms with E-state index < -0.39 is 17.4 Å². The molecule has 0 bridgehead atoms. The number of carbonyl (C=O) groups is 2. The molecule has 0 heterocycles. The van der Waals surface area contributed by atoms with Crippen molar-refractivity contribution in [3.05, 3.63) is 39.9 Å². The molecule has 0 unspecified atom stereocenters. The summed E-state index contributed by atoms with van der Waals surface area (Å²) in [6.45, 7) is 0. The molecule has 2 N–H and O–H groups in total. The SMILES string of the molecule is O=C(/C=C/c1ccc(Cl)cc1Cl)NC1(C(=O)O)CCCC1. The minimum atomic E-state index is -1.13. The standard InChI is InChI=1S/C15H15Cl2NO3/c16-11-5-3-10(12(17)9-11)4-6-13(19)18-15(14(20)21)7-1-2-8-15/h3-6,9H,1-2,7-8H2,(H,18,19)(H,20,21)/b6-4+. The van der Waals surface area contributed by atoms with Crippen molar-refractivity contribution in [3.63, 3.8) is 0 Å². The molecular weight excluding hydrogens is 313 g/mol. The van der Waals surface area contributed by atoms with Gasteiger partial charge in [-0.05, 0) is 36.6 Å². The van der Waals surface area contributed by atoms with Crippen LogP contribution in [-0.2, 0) is 9.59 Å². The second-order valence-electron chi connectivity index (χ2n) is 5.08. The van der Waals surface area contributed by atoms with Crippen molar-refractivity contribution >= 4 is 41.2 Å². The minimum Gasteiger partial charge on any atom is -0.480 e. The first-order valence-electron chi connectivity index (χ1n) is 6.62. The van der Waals surface area contributed by atoms with E-state index in [-0.39, 0.29) is 0 Å². The molecule has 21 heavy (non-hydrogen) atoms. The number of carbonyl (C=O) groups excluding carboxylic acids is 1. The van der Waals surface area contributed by atoms with Gasteiger partial charge in [0.1, 0.15) is 5.54 Å². The van der Waals surface area contributed by atoms with E-state index in [0.29, 0.717) is 28.5 Å². The lowest BCUT2D eigenvalue weighted by Crippen LogP contribution is -2.52. The minimum absolute atomic E-state index is 0.431. The number of benzene rings is 1. The lowest BCUT2D eigenvalue weighted by molar-refractivity contribution is -0.146. The van der Waals surface area contributed by atoms with Crippen molar-refractivity contribution in [3.8, 4) is 0 Å². The third kappa shape index (κ3) is 3.77. The highest BCUT2D eigenvalue weighted by Crippen LogP contribution is 2.30. The summed E-state index contributed by atoms with van der Waals surface area (Å²) in [7, 11) is 0. The molecule has 0 spiro atoms. The summed E-state index contributed by atoms with van der Waals surface area (Å²) < 4.78 is 0. The first-order valence-corrected chi connectivity index (χ1v) is 7.37. The van der Waals surface area contributed by atoms with Gasteiger partial charge in [0, 0.05) is 16.1 Å². The summed E-state index contributed by atoms with van der Waals surface area (Å²) >= 11 is 11.8. The third-order valence-corrected chi connectivity index (χ3v) is 4.17. The second-order valence-corrected chi connectivity index (χ2v) is 5.93. The maximum absolute atomic E-state index is 11.9. The van der Waals surface area contributed by atoms with E-state index in [1.165, 1.54) is 6.08 Å². The molecule has 112 valence electrons. The number of amides is 1. The fraction of sp³-hybridized carbons (Fsp3) is 0.333. The monoisotopic (exact) mass is 327 g/mol. The molecule has 0 radical (unpaired) electrons. The Balaban J connectivity index is 2.07. The van der Waals surface area contributed by atoms with Crippen molar-refractivity contribution < 1.29 is 14.7 Å². The summed E-state index contributed by atoms with van der Waals surface area (Å²) in [5.74, 6) is -1.42. The molecule has 1 amide bonds. The van der Waals surface area contributed by atoms with Gasteiger partial charge in [0.15, 0.2) is 0 Å². The Morgan fingerprint density at radius 1 is 1.24 bits per heavy atom. The number of hydrogen-bond acceptors (Lipinski definition) is 2. The molecule has 1 aliphatic carbocycles. The van der Waals surface area contributed by atoms with Crippen LogP contribution in [0.15, 0.2) is 24.3 Å². The molecule has 2 rings (SSSR count). The zero-order valence-electron chi connectivity index (χ0n) is 11.2. The second kappa shape index (κ2) is 6.50. The van der Waals surface area contributed by atoms with E-state index >= 15 is 0 Å². The first kappa shape index (κ1) is 15.9. The molecule has 1 fully saturated rings. The quantitative estimate of drug-likeness (QED) is 0.831. The Morgan fingerprint density at radius 2 is 1.90 bits per heavy atom. The molecule has 1 aliphatic rings. The number of aliphatic carboxylic acids is 1. The first-order chi connectivity index (χ1) is 9.93. The van der Waals surface area contributed by atoms with Gasteiger partial charge < -0.3 is 10.4 Å². The van der Waals surface area contributed by atoms with Crippen LogP contribution in [0.4, 0.5) is 0 Å². The van der Waals surface area contributed by atoms with Crippen molar-refractivity contribution in [2.45, 2.75) is 31.2 Å². The van der Waals surface area contributed by atoms with Crippen LogP contribution in [0.2, 0.25) is 10.0 Å². The summed E-state index contributed by atoms with van der Waals surface area (Å²) in [5.41, 5.74) is -0.488. The van der Waals surface area contributed by atoms with Crippen molar-refractivity contribution in [1.29, 1.82) is 0 Å². The van der Waals surface area contributed by atoms with Gasteiger partial charge in [-0.2, -0.15) is 0 Å². The number of carboxylic acids is 1. The fourth-order valence-electron chi connectivity index (χ4n) is 2.45. The topological polar surface area (TPSA) is 66.4 Å². The van der Waals surface area contributed by atoms with Gasteiger partial charge in [0.25, 0.3) is 0 Å². The average Bonchev–Trinajstić information content (AvgIpc) is 2.87. The molecule has 1 saturated carbocycles. The van der Waals surface area contributed by atoms with Crippen LogP contribution in [0.3, 0.4) is 0 Å². The highest BCUT2D eigenvalue weighted by molar-refractivity contribution is 6.35. The van der Waals surface area contributed by atoms with Crippen molar-refractivity contribution in [2.24, 2.45) is 0 Å². The smallest absolute Gasteiger partial charge is 0.329 e. The van der Waals surface area contributed by atoms with Gasteiger partial charge in [-0.15, -0.1) is 0 Å². The Morgan fingerprint density at radius 3 is 2.48 bits per heavy atom. The molecule has 6 heteroatoms. The molecule has 1 aromatic carbocycles. The lowest BCUT2D eigenvalue weighted by atomic mass is 9.98. The summed E-state index contributed by atoms with van der Waals surface area (Å²) in [4.78, 5) is 23.3. The molecule has 0 aliphatic heterocycles. The van der Waals surface area contributed by atoms with E-state index in [2.05, 4.69) is 5.32 Å². The predicted molar refractivity (Wildman–Crippen MR) is 82.5 cm³/mol. The van der Waals surface area contributed by atoms with Crippen LogP contribution in [0.25, 0.3) is 6.08 Å². The lowest BCUT2D eigenvalue weighted by Gasteiger charge is -2.24. The number of nitrogens with one attached hydrogen (secondary N) is 1. The van der Waals surface area contributed by atoms with Crippen LogP contribution < -0.4 is 5.32 Å². The average molecular weight is 328 g/mol. The molecule has 0 saturated heterocycles.